The molecule has 0 amide bonds. The van der Waals surface area contributed by atoms with Gasteiger partial charge in [-0.3, -0.25) is 0 Å². The summed E-state index contributed by atoms with van der Waals surface area (Å²) in [5.41, 5.74) is 5.05. The number of nitrogens with zero attached hydrogens (tertiary/aromatic N) is 2. The third-order valence-corrected chi connectivity index (χ3v) is 0.833. The number of nitro groups is 1. The van der Waals surface area contributed by atoms with E-state index in [1.165, 1.54) is 0 Å². The molecule has 0 radical (unpaired) electrons. The van der Waals surface area contributed by atoms with E-state index in [1.807, 2.05) is 0 Å². The zero-order valence-corrected chi connectivity index (χ0v) is 3.57. The van der Waals surface area contributed by atoms with Crippen molar-refractivity contribution < 1.29 is 5.03 Å². The van der Waals surface area contributed by atoms with Crippen LogP contribution in [0.4, 0.5) is 0 Å². The van der Waals surface area contributed by atoms with Crippen LogP contribution in [0.15, 0.2) is 0 Å². The average Bonchev–Trinajstić information content (AvgIpc) is 2.17. The molecule has 0 aromatic rings. The number of hydrogen-bond acceptors (Lipinski definition) is 3. The van der Waals surface area contributed by atoms with Gasteiger partial charge in [0.2, 0.25) is 0 Å². The van der Waals surface area contributed by atoms with Crippen LogP contribution in [-0.4, -0.2) is 22.8 Å². The van der Waals surface area contributed by atoms with Crippen molar-refractivity contribution in [3.05, 3.63) is 10.1 Å². The maximum absolute atomic E-state index is 9.62. The van der Waals surface area contributed by atoms with Gasteiger partial charge in [0, 0.05) is 0 Å². The molecule has 1 aliphatic heterocycles. The third kappa shape index (κ3) is 0.614. The molecule has 1 heterocycles. The molecular weight excluding hydrogens is 98.0 g/mol. The lowest BCUT2D eigenvalue weighted by Crippen LogP contribution is -2.15. The first-order valence-electron chi connectivity index (χ1n) is 1.88. The molecule has 1 atom stereocenters. The molecule has 0 aliphatic carbocycles. The van der Waals surface area contributed by atoms with E-state index in [-0.39, 0.29) is 6.17 Å². The zero-order chi connectivity index (χ0) is 5.44. The van der Waals surface area contributed by atoms with Crippen molar-refractivity contribution in [3.8, 4) is 0 Å². The molecule has 2 N–H and O–H groups in total. The van der Waals surface area contributed by atoms with E-state index < -0.39 is 5.03 Å². The number of hydrogen-bond donors (Lipinski definition) is 1. The first kappa shape index (κ1) is 4.32. The quantitative estimate of drug-likeness (QED) is 0.256. The van der Waals surface area contributed by atoms with Crippen LogP contribution in [0.5, 0.6) is 0 Å². The summed E-state index contributed by atoms with van der Waals surface area (Å²) in [4.78, 5) is 9.62. The number of nitrogens with two attached hydrogens (primary N) is 1. The van der Waals surface area contributed by atoms with Gasteiger partial charge >= 0.3 is 0 Å². The van der Waals surface area contributed by atoms with Crippen LogP contribution >= 0.6 is 0 Å². The predicted octanol–water partition coefficient (Wildman–Crippen LogP) is -1.22. The first-order valence-corrected chi connectivity index (χ1v) is 1.88. The predicted molar refractivity (Wildman–Crippen MR) is 21.7 cm³/mol. The Morgan fingerprint density at radius 1 is 2.00 bits per heavy atom. The average molecular weight is 103 g/mol. The molecule has 5 heteroatoms. The Hall–Kier alpha value is -0.840. The molecule has 0 aromatic heterocycles. The molecule has 1 aliphatic rings. The molecule has 0 spiro atoms. The smallest absolute Gasteiger partial charge is 0.161 e. The Bertz CT molecular complexity index is 103. The van der Waals surface area contributed by atoms with Crippen molar-refractivity contribution in [2.75, 3.05) is 6.54 Å². The molecule has 40 valence electrons. The van der Waals surface area contributed by atoms with Crippen LogP contribution in [0.3, 0.4) is 0 Å². The van der Waals surface area contributed by atoms with Gasteiger partial charge in [0.15, 0.2) is 11.2 Å². The minimum Gasteiger partial charge on any atom is -0.305 e. The standard InChI is InChI=1S/C2H5N3O2/c3-2-1-4(2)5(6)7/h2H,1,3H2. The molecule has 1 rings (SSSR count). The molecule has 0 aromatic carbocycles. The molecular formula is C2H5N3O2. The van der Waals surface area contributed by atoms with Crippen LogP contribution in [0.1, 0.15) is 0 Å². The van der Waals surface area contributed by atoms with Crippen LogP contribution in [0, 0.1) is 10.1 Å². The molecule has 0 saturated carbocycles. The van der Waals surface area contributed by atoms with Crippen molar-refractivity contribution in [1.29, 1.82) is 0 Å². The van der Waals surface area contributed by atoms with Gasteiger partial charge in [-0.15, -0.1) is 5.01 Å². The van der Waals surface area contributed by atoms with E-state index in [4.69, 9.17) is 5.73 Å². The van der Waals surface area contributed by atoms with Gasteiger partial charge in [0.05, 0.1) is 0 Å². The van der Waals surface area contributed by atoms with Crippen molar-refractivity contribution >= 4 is 0 Å². The van der Waals surface area contributed by atoms with E-state index in [9.17, 15) is 10.1 Å². The summed E-state index contributed by atoms with van der Waals surface area (Å²) >= 11 is 0. The fraction of sp³-hybridized carbons (Fsp3) is 1.00. The second kappa shape index (κ2) is 1.06. The lowest BCUT2D eigenvalue weighted by atomic mass is 10.8. The summed E-state index contributed by atoms with van der Waals surface area (Å²) in [7, 11) is 0. The minimum absolute atomic E-state index is 0.324. The van der Waals surface area contributed by atoms with E-state index in [0.29, 0.717) is 6.54 Å². The molecule has 7 heavy (non-hydrogen) atoms. The van der Waals surface area contributed by atoms with Gasteiger partial charge in [0.25, 0.3) is 0 Å². The molecule has 1 saturated heterocycles. The van der Waals surface area contributed by atoms with Crippen molar-refractivity contribution in [1.82, 2.24) is 5.01 Å². The van der Waals surface area contributed by atoms with E-state index in [1.54, 1.807) is 0 Å². The second-order valence-corrected chi connectivity index (χ2v) is 1.43. The summed E-state index contributed by atoms with van der Waals surface area (Å²) in [6, 6.07) is 0. The molecule has 5 nitrogen and oxygen atoms in total. The fourth-order valence-corrected chi connectivity index (χ4v) is 0.332. The maximum atomic E-state index is 9.62. The Morgan fingerprint density at radius 3 is 2.43 bits per heavy atom. The van der Waals surface area contributed by atoms with Crippen LogP contribution < -0.4 is 5.73 Å². The van der Waals surface area contributed by atoms with Crippen molar-refractivity contribution in [2.24, 2.45) is 5.73 Å². The van der Waals surface area contributed by atoms with Crippen molar-refractivity contribution in [3.63, 3.8) is 0 Å². The van der Waals surface area contributed by atoms with Gasteiger partial charge in [-0.05, 0) is 0 Å². The summed E-state index contributed by atoms with van der Waals surface area (Å²) in [5.74, 6) is 0. The Labute approximate surface area is 39.8 Å². The number of hydrazine groups is 1. The number of rotatable bonds is 1. The summed E-state index contributed by atoms with van der Waals surface area (Å²) < 4.78 is 0. The lowest BCUT2D eigenvalue weighted by Gasteiger charge is -1.84. The maximum Gasteiger partial charge on any atom is 0.161 e. The SMILES string of the molecule is NC1CN1[N+](=O)[O-]. The normalized spacial score (nSPS) is 27.6. The Kier molecular flexibility index (Phi) is 0.657. The highest BCUT2D eigenvalue weighted by atomic mass is 16.7. The first-order chi connectivity index (χ1) is 3.22. The van der Waals surface area contributed by atoms with Crippen molar-refractivity contribution in [2.45, 2.75) is 6.17 Å². The van der Waals surface area contributed by atoms with E-state index in [2.05, 4.69) is 0 Å². The molecule has 1 unspecified atom stereocenters. The van der Waals surface area contributed by atoms with Gasteiger partial charge in [-0.1, -0.05) is 0 Å². The minimum atomic E-state index is -0.495. The summed E-state index contributed by atoms with van der Waals surface area (Å²) in [6.07, 6.45) is -0.324. The summed E-state index contributed by atoms with van der Waals surface area (Å²) in [5, 5.41) is 10.1. The van der Waals surface area contributed by atoms with Crippen LogP contribution in [0.25, 0.3) is 0 Å². The zero-order valence-electron chi connectivity index (χ0n) is 3.57. The topological polar surface area (TPSA) is 72.2 Å². The highest BCUT2D eigenvalue weighted by Crippen LogP contribution is 2.08. The van der Waals surface area contributed by atoms with E-state index >= 15 is 0 Å². The largest absolute Gasteiger partial charge is 0.305 e. The van der Waals surface area contributed by atoms with Gasteiger partial charge < -0.3 is 5.73 Å². The monoisotopic (exact) mass is 103 g/mol. The highest BCUT2D eigenvalue weighted by molar-refractivity contribution is 4.73. The Morgan fingerprint density at radius 2 is 2.43 bits per heavy atom. The fourth-order valence-electron chi connectivity index (χ4n) is 0.332. The van der Waals surface area contributed by atoms with Gasteiger partial charge in [-0.25, -0.2) is 10.1 Å². The Balaban J connectivity index is 2.33. The van der Waals surface area contributed by atoms with Gasteiger partial charge in [0.1, 0.15) is 6.54 Å². The highest BCUT2D eigenvalue weighted by Gasteiger charge is 2.40. The molecule has 0 bridgehead atoms. The van der Waals surface area contributed by atoms with Crippen LogP contribution in [-0.2, 0) is 0 Å². The van der Waals surface area contributed by atoms with Gasteiger partial charge in [-0.2, -0.15) is 0 Å². The third-order valence-electron chi connectivity index (χ3n) is 0.833. The van der Waals surface area contributed by atoms with Crippen LogP contribution in [0.2, 0.25) is 0 Å². The second-order valence-electron chi connectivity index (χ2n) is 1.43. The lowest BCUT2D eigenvalue weighted by molar-refractivity contribution is -0.620. The summed E-state index contributed by atoms with van der Waals surface area (Å²) in [6.45, 7) is 0.396. The molecule has 1 fully saturated rings. The van der Waals surface area contributed by atoms with E-state index in [0.717, 1.165) is 5.01 Å².